The van der Waals surface area contributed by atoms with Crippen molar-refractivity contribution in [2.24, 2.45) is 11.7 Å². The molecule has 1 saturated carbocycles. The molecule has 2 rings (SSSR count). The lowest BCUT2D eigenvalue weighted by Gasteiger charge is -2.30. The second-order valence-electron chi connectivity index (χ2n) is 6.37. The van der Waals surface area contributed by atoms with Gasteiger partial charge in [0.15, 0.2) is 0 Å². The minimum Gasteiger partial charge on any atom is -0.384 e. The molecule has 110 valence electrons. The third kappa shape index (κ3) is 4.07. The SMILES string of the molecule is CC(C)CN(Cc1ccc(C(=N)N)cc1)C1CCCC1. The van der Waals surface area contributed by atoms with Gasteiger partial charge in [-0.2, -0.15) is 0 Å². The summed E-state index contributed by atoms with van der Waals surface area (Å²) in [5, 5.41) is 7.44. The predicted molar refractivity (Wildman–Crippen MR) is 85.0 cm³/mol. The van der Waals surface area contributed by atoms with Crippen LogP contribution in [0.15, 0.2) is 24.3 Å². The van der Waals surface area contributed by atoms with Crippen molar-refractivity contribution in [1.29, 1.82) is 5.41 Å². The molecule has 1 aliphatic carbocycles. The Hall–Kier alpha value is -1.35. The molecule has 20 heavy (non-hydrogen) atoms. The van der Waals surface area contributed by atoms with E-state index in [9.17, 15) is 0 Å². The van der Waals surface area contributed by atoms with Gasteiger partial charge < -0.3 is 5.73 Å². The molecule has 3 heteroatoms. The van der Waals surface area contributed by atoms with Crippen LogP contribution in [0, 0.1) is 11.3 Å². The third-order valence-corrected chi connectivity index (χ3v) is 4.09. The van der Waals surface area contributed by atoms with Gasteiger partial charge in [-0.25, -0.2) is 0 Å². The van der Waals surface area contributed by atoms with Crippen LogP contribution in [-0.2, 0) is 6.54 Å². The van der Waals surface area contributed by atoms with Gasteiger partial charge in [0.2, 0.25) is 0 Å². The maximum absolute atomic E-state index is 7.44. The molecule has 1 aromatic rings. The van der Waals surface area contributed by atoms with Gasteiger partial charge in [-0.15, -0.1) is 0 Å². The Morgan fingerprint density at radius 2 is 1.85 bits per heavy atom. The van der Waals surface area contributed by atoms with E-state index < -0.39 is 0 Å². The largest absolute Gasteiger partial charge is 0.384 e. The summed E-state index contributed by atoms with van der Waals surface area (Å²) in [5.74, 6) is 0.846. The second-order valence-corrected chi connectivity index (χ2v) is 6.37. The van der Waals surface area contributed by atoms with Crippen molar-refractivity contribution in [1.82, 2.24) is 4.90 Å². The minimum atomic E-state index is 0.145. The maximum Gasteiger partial charge on any atom is 0.122 e. The van der Waals surface area contributed by atoms with Crippen molar-refractivity contribution >= 4 is 5.84 Å². The molecular weight excluding hydrogens is 246 g/mol. The zero-order valence-corrected chi connectivity index (χ0v) is 12.7. The smallest absolute Gasteiger partial charge is 0.122 e. The van der Waals surface area contributed by atoms with Gasteiger partial charge in [0.1, 0.15) is 5.84 Å². The number of hydrogen-bond donors (Lipinski definition) is 2. The fourth-order valence-electron chi connectivity index (χ4n) is 3.11. The first-order chi connectivity index (χ1) is 9.56. The molecule has 0 aliphatic heterocycles. The number of benzene rings is 1. The van der Waals surface area contributed by atoms with Crippen LogP contribution in [0.5, 0.6) is 0 Å². The lowest BCUT2D eigenvalue weighted by molar-refractivity contribution is 0.168. The van der Waals surface area contributed by atoms with Crippen molar-refractivity contribution in [2.75, 3.05) is 6.54 Å². The Kier molecular flexibility index (Phi) is 5.18. The summed E-state index contributed by atoms with van der Waals surface area (Å²) in [6.45, 7) is 6.77. The van der Waals surface area contributed by atoms with Crippen LogP contribution < -0.4 is 5.73 Å². The highest BCUT2D eigenvalue weighted by molar-refractivity contribution is 5.94. The standard InChI is InChI=1S/C17H27N3/c1-13(2)11-20(16-5-3-4-6-16)12-14-7-9-15(10-8-14)17(18)19/h7-10,13,16H,3-6,11-12H2,1-2H3,(H3,18,19). The van der Waals surface area contributed by atoms with E-state index in [1.807, 2.05) is 12.1 Å². The number of nitrogen functional groups attached to an aromatic ring is 1. The lowest BCUT2D eigenvalue weighted by Crippen LogP contribution is -2.35. The van der Waals surface area contributed by atoms with Gasteiger partial charge in [0, 0.05) is 24.7 Å². The number of amidine groups is 1. The van der Waals surface area contributed by atoms with Crippen molar-refractivity contribution < 1.29 is 0 Å². The van der Waals surface area contributed by atoms with Crippen molar-refractivity contribution in [3.8, 4) is 0 Å². The van der Waals surface area contributed by atoms with Crippen LogP contribution in [0.25, 0.3) is 0 Å². The molecule has 0 heterocycles. The first kappa shape index (κ1) is 15.0. The summed E-state index contributed by atoms with van der Waals surface area (Å²) in [7, 11) is 0. The molecule has 3 nitrogen and oxygen atoms in total. The molecule has 0 atom stereocenters. The van der Waals surface area contributed by atoms with E-state index in [1.165, 1.54) is 37.8 Å². The van der Waals surface area contributed by atoms with Gasteiger partial charge in [0.05, 0.1) is 0 Å². The number of nitrogens with two attached hydrogens (primary N) is 1. The zero-order valence-electron chi connectivity index (χ0n) is 12.7. The highest BCUT2D eigenvalue weighted by Crippen LogP contribution is 2.25. The van der Waals surface area contributed by atoms with Gasteiger partial charge >= 0.3 is 0 Å². The summed E-state index contributed by atoms with van der Waals surface area (Å²) >= 11 is 0. The summed E-state index contributed by atoms with van der Waals surface area (Å²) in [5.41, 5.74) is 7.64. The van der Waals surface area contributed by atoms with E-state index in [0.717, 1.165) is 18.2 Å². The monoisotopic (exact) mass is 273 g/mol. The summed E-state index contributed by atoms with van der Waals surface area (Å²) in [4.78, 5) is 2.64. The van der Waals surface area contributed by atoms with E-state index in [1.54, 1.807) is 0 Å². The van der Waals surface area contributed by atoms with Gasteiger partial charge in [-0.1, -0.05) is 51.0 Å². The fraction of sp³-hybridized carbons (Fsp3) is 0.588. The molecule has 0 spiro atoms. The molecule has 0 radical (unpaired) electrons. The molecule has 3 N–H and O–H groups in total. The lowest BCUT2D eigenvalue weighted by atomic mass is 10.1. The first-order valence-electron chi connectivity index (χ1n) is 7.73. The topological polar surface area (TPSA) is 53.1 Å². The van der Waals surface area contributed by atoms with Crippen LogP contribution in [-0.4, -0.2) is 23.3 Å². The van der Waals surface area contributed by atoms with E-state index >= 15 is 0 Å². The number of rotatable bonds is 6. The first-order valence-corrected chi connectivity index (χ1v) is 7.73. The molecule has 1 fully saturated rings. The van der Waals surface area contributed by atoms with Crippen LogP contribution in [0.4, 0.5) is 0 Å². The van der Waals surface area contributed by atoms with Crippen LogP contribution in [0.3, 0.4) is 0 Å². The average molecular weight is 273 g/mol. The highest BCUT2D eigenvalue weighted by Gasteiger charge is 2.23. The molecule has 0 bridgehead atoms. The van der Waals surface area contributed by atoms with Crippen LogP contribution in [0.1, 0.15) is 50.7 Å². The molecule has 0 unspecified atom stereocenters. The Balaban J connectivity index is 2.04. The number of nitrogens with one attached hydrogen (secondary N) is 1. The average Bonchev–Trinajstić information content (AvgIpc) is 2.92. The number of hydrogen-bond acceptors (Lipinski definition) is 2. The molecule has 1 aromatic carbocycles. The van der Waals surface area contributed by atoms with Gasteiger partial charge in [0.25, 0.3) is 0 Å². The Labute approximate surface area is 122 Å². The molecule has 0 saturated heterocycles. The summed E-state index contributed by atoms with van der Waals surface area (Å²) in [6.07, 6.45) is 5.45. The second kappa shape index (κ2) is 6.89. The zero-order chi connectivity index (χ0) is 14.5. The Bertz CT molecular complexity index is 430. The normalized spacial score (nSPS) is 16.2. The van der Waals surface area contributed by atoms with Crippen molar-refractivity contribution in [2.45, 2.75) is 52.1 Å². The van der Waals surface area contributed by atoms with Gasteiger partial charge in [-0.05, 0) is 24.3 Å². The van der Waals surface area contributed by atoms with Crippen molar-refractivity contribution in [3.05, 3.63) is 35.4 Å². The summed E-state index contributed by atoms with van der Waals surface area (Å²) < 4.78 is 0. The highest BCUT2D eigenvalue weighted by atomic mass is 15.2. The molecule has 1 aliphatic rings. The number of nitrogens with zero attached hydrogens (tertiary/aromatic N) is 1. The third-order valence-electron chi connectivity index (χ3n) is 4.09. The van der Waals surface area contributed by atoms with Gasteiger partial charge in [-0.3, -0.25) is 10.3 Å². The van der Waals surface area contributed by atoms with Crippen LogP contribution in [0.2, 0.25) is 0 Å². The van der Waals surface area contributed by atoms with Crippen LogP contribution >= 0.6 is 0 Å². The maximum atomic E-state index is 7.44. The molecular formula is C17H27N3. The van der Waals surface area contributed by atoms with E-state index in [-0.39, 0.29) is 5.84 Å². The Morgan fingerprint density at radius 3 is 2.35 bits per heavy atom. The summed E-state index contributed by atoms with van der Waals surface area (Å²) in [6, 6.07) is 8.89. The van der Waals surface area contributed by atoms with Crippen molar-refractivity contribution in [3.63, 3.8) is 0 Å². The minimum absolute atomic E-state index is 0.145. The Morgan fingerprint density at radius 1 is 1.25 bits per heavy atom. The quantitative estimate of drug-likeness (QED) is 0.617. The predicted octanol–water partition coefficient (Wildman–Crippen LogP) is 3.37. The molecule has 0 amide bonds. The molecule has 0 aromatic heterocycles. The van der Waals surface area contributed by atoms with E-state index in [2.05, 4.69) is 30.9 Å². The van der Waals surface area contributed by atoms with E-state index in [4.69, 9.17) is 11.1 Å². The fourth-order valence-corrected chi connectivity index (χ4v) is 3.11. The van der Waals surface area contributed by atoms with E-state index in [0.29, 0.717) is 5.92 Å².